The Morgan fingerprint density at radius 3 is 2.84 bits per heavy atom. The summed E-state index contributed by atoms with van der Waals surface area (Å²) in [5.41, 5.74) is 2.61. The van der Waals surface area contributed by atoms with Gasteiger partial charge >= 0.3 is 0 Å². The van der Waals surface area contributed by atoms with Crippen molar-refractivity contribution in [3.05, 3.63) is 35.4 Å². The maximum atomic E-state index is 12.3. The molecule has 2 aliphatic rings. The van der Waals surface area contributed by atoms with Crippen molar-refractivity contribution in [2.45, 2.75) is 44.7 Å². The van der Waals surface area contributed by atoms with Gasteiger partial charge in [-0.1, -0.05) is 24.3 Å². The van der Waals surface area contributed by atoms with Crippen molar-refractivity contribution in [3.8, 4) is 0 Å². The summed E-state index contributed by atoms with van der Waals surface area (Å²) in [6.45, 7) is 3.55. The van der Waals surface area contributed by atoms with Crippen molar-refractivity contribution in [3.63, 3.8) is 0 Å². The maximum Gasteiger partial charge on any atom is 0.237 e. The van der Waals surface area contributed by atoms with Crippen LogP contribution in [0.5, 0.6) is 0 Å². The van der Waals surface area contributed by atoms with E-state index in [4.69, 9.17) is 0 Å². The molecule has 1 atom stereocenters. The molecule has 3 nitrogen and oxygen atoms in total. The molecular formula is C16H22N2O. The Morgan fingerprint density at radius 2 is 2.11 bits per heavy atom. The summed E-state index contributed by atoms with van der Waals surface area (Å²) >= 11 is 0. The predicted octanol–water partition coefficient (Wildman–Crippen LogP) is 2.41. The normalized spacial score (nSPS) is 22.8. The van der Waals surface area contributed by atoms with E-state index >= 15 is 0 Å². The third kappa shape index (κ3) is 2.81. The molecule has 1 saturated heterocycles. The third-order valence-electron chi connectivity index (χ3n) is 4.24. The van der Waals surface area contributed by atoms with Crippen LogP contribution >= 0.6 is 0 Å². The number of carbonyl (C=O) groups excluding carboxylic acids is 1. The Labute approximate surface area is 115 Å². The summed E-state index contributed by atoms with van der Waals surface area (Å²) in [5, 5.41) is 3.33. The minimum absolute atomic E-state index is 0.262. The maximum absolute atomic E-state index is 12.3. The molecule has 1 N–H and O–H groups in total. The second kappa shape index (κ2) is 5.33. The standard InChI is InChI=1S/C16H22N2O/c1-12-5-2-3-6-14(12)15-7-4-10-18(15)16(19)11-17-13-8-9-13/h2-3,5-6,13,15,17H,4,7-11H2,1H3. The van der Waals surface area contributed by atoms with E-state index in [9.17, 15) is 4.79 Å². The quantitative estimate of drug-likeness (QED) is 0.899. The summed E-state index contributed by atoms with van der Waals surface area (Å²) in [7, 11) is 0. The number of aryl methyl sites for hydroxylation is 1. The first-order valence-electron chi connectivity index (χ1n) is 7.34. The molecule has 0 bridgehead atoms. The topological polar surface area (TPSA) is 32.3 Å². The summed E-state index contributed by atoms with van der Waals surface area (Å²) in [6.07, 6.45) is 4.68. The van der Waals surface area contributed by atoms with Gasteiger partial charge in [-0.25, -0.2) is 0 Å². The Bertz CT molecular complexity index is 468. The van der Waals surface area contributed by atoms with E-state index in [2.05, 4.69) is 41.4 Å². The zero-order chi connectivity index (χ0) is 13.2. The van der Waals surface area contributed by atoms with Gasteiger partial charge in [0.05, 0.1) is 12.6 Å². The Morgan fingerprint density at radius 1 is 1.32 bits per heavy atom. The highest BCUT2D eigenvalue weighted by molar-refractivity contribution is 5.79. The fourth-order valence-electron chi connectivity index (χ4n) is 2.97. The highest BCUT2D eigenvalue weighted by atomic mass is 16.2. The number of carbonyl (C=O) groups is 1. The summed E-state index contributed by atoms with van der Waals surface area (Å²) in [6, 6.07) is 9.33. The van der Waals surface area contributed by atoms with Gasteiger partial charge in [-0.05, 0) is 43.7 Å². The first-order valence-corrected chi connectivity index (χ1v) is 7.34. The summed E-state index contributed by atoms with van der Waals surface area (Å²) in [5.74, 6) is 0.262. The Hall–Kier alpha value is -1.35. The molecule has 19 heavy (non-hydrogen) atoms. The van der Waals surface area contributed by atoms with Crippen LogP contribution < -0.4 is 5.32 Å². The van der Waals surface area contributed by atoms with Crippen LogP contribution in [0.15, 0.2) is 24.3 Å². The molecule has 1 amide bonds. The number of rotatable bonds is 4. The van der Waals surface area contributed by atoms with Crippen LogP contribution in [-0.4, -0.2) is 29.9 Å². The second-order valence-electron chi connectivity index (χ2n) is 5.76. The highest BCUT2D eigenvalue weighted by Gasteiger charge is 2.31. The number of amides is 1. The lowest BCUT2D eigenvalue weighted by Gasteiger charge is -2.26. The van der Waals surface area contributed by atoms with Crippen LogP contribution in [0.25, 0.3) is 0 Å². The molecule has 1 aromatic rings. The molecule has 1 unspecified atom stereocenters. The van der Waals surface area contributed by atoms with Crippen LogP contribution in [-0.2, 0) is 4.79 Å². The molecule has 1 aliphatic carbocycles. The van der Waals surface area contributed by atoms with Crippen molar-refractivity contribution < 1.29 is 4.79 Å². The van der Waals surface area contributed by atoms with Gasteiger partial charge in [0.1, 0.15) is 0 Å². The zero-order valence-electron chi connectivity index (χ0n) is 11.6. The van der Waals surface area contributed by atoms with E-state index in [-0.39, 0.29) is 11.9 Å². The summed E-state index contributed by atoms with van der Waals surface area (Å²) in [4.78, 5) is 14.4. The number of nitrogens with one attached hydrogen (secondary N) is 1. The average Bonchev–Trinajstić information content (AvgIpc) is 3.12. The number of nitrogens with zero attached hydrogens (tertiary/aromatic N) is 1. The van der Waals surface area contributed by atoms with Crippen molar-refractivity contribution in [1.29, 1.82) is 0 Å². The molecule has 0 aromatic heterocycles. The Kier molecular flexibility index (Phi) is 3.56. The van der Waals surface area contributed by atoms with Gasteiger partial charge in [0, 0.05) is 12.6 Å². The fourth-order valence-corrected chi connectivity index (χ4v) is 2.97. The van der Waals surface area contributed by atoms with Crippen LogP contribution in [0.4, 0.5) is 0 Å². The molecule has 0 spiro atoms. The SMILES string of the molecule is Cc1ccccc1C1CCCN1C(=O)CNC1CC1. The molecule has 1 aromatic carbocycles. The minimum atomic E-state index is 0.262. The largest absolute Gasteiger partial charge is 0.335 e. The number of benzene rings is 1. The van der Waals surface area contributed by atoms with Crippen molar-refractivity contribution >= 4 is 5.91 Å². The number of hydrogen-bond donors (Lipinski definition) is 1. The van der Waals surface area contributed by atoms with Crippen LogP contribution in [0.2, 0.25) is 0 Å². The van der Waals surface area contributed by atoms with Gasteiger partial charge in [0.25, 0.3) is 0 Å². The van der Waals surface area contributed by atoms with Crippen molar-refractivity contribution in [1.82, 2.24) is 10.2 Å². The van der Waals surface area contributed by atoms with Gasteiger partial charge in [-0.2, -0.15) is 0 Å². The fraction of sp³-hybridized carbons (Fsp3) is 0.562. The lowest BCUT2D eigenvalue weighted by Crippen LogP contribution is -2.38. The van der Waals surface area contributed by atoms with Crippen LogP contribution in [0, 0.1) is 6.92 Å². The van der Waals surface area contributed by atoms with Gasteiger partial charge in [0.2, 0.25) is 5.91 Å². The lowest BCUT2D eigenvalue weighted by atomic mass is 9.99. The molecule has 1 saturated carbocycles. The highest BCUT2D eigenvalue weighted by Crippen LogP contribution is 2.33. The number of likely N-dealkylation sites (tertiary alicyclic amines) is 1. The second-order valence-corrected chi connectivity index (χ2v) is 5.76. The Balaban J connectivity index is 1.70. The van der Waals surface area contributed by atoms with E-state index in [1.165, 1.54) is 24.0 Å². The predicted molar refractivity (Wildman–Crippen MR) is 75.9 cm³/mol. The van der Waals surface area contributed by atoms with Crippen molar-refractivity contribution in [2.24, 2.45) is 0 Å². The number of hydrogen-bond acceptors (Lipinski definition) is 2. The molecule has 1 aliphatic heterocycles. The van der Waals surface area contributed by atoms with E-state index in [1.54, 1.807) is 0 Å². The molecule has 3 heteroatoms. The molecular weight excluding hydrogens is 236 g/mol. The zero-order valence-corrected chi connectivity index (χ0v) is 11.6. The summed E-state index contributed by atoms with van der Waals surface area (Å²) < 4.78 is 0. The van der Waals surface area contributed by atoms with E-state index in [0.29, 0.717) is 12.6 Å². The van der Waals surface area contributed by atoms with Crippen molar-refractivity contribution in [2.75, 3.05) is 13.1 Å². The van der Waals surface area contributed by atoms with E-state index in [1.807, 2.05) is 0 Å². The minimum Gasteiger partial charge on any atom is -0.335 e. The van der Waals surface area contributed by atoms with Crippen LogP contribution in [0.1, 0.15) is 42.9 Å². The molecule has 3 rings (SSSR count). The van der Waals surface area contributed by atoms with Crippen LogP contribution in [0.3, 0.4) is 0 Å². The molecule has 1 heterocycles. The molecule has 102 valence electrons. The smallest absolute Gasteiger partial charge is 0.237 e. The molecule has 2 fully saturated rings. The lowest BCUT2D eigenvalue weighted by molar-refractivity contribution is -0.131. The monoisotopic (exact) mass is 258 g/mol. The van der Waals surface area contributed by atoms with Gasteiger partial charge in [0.15, 0.2) is 0 Å². The van der Waals surface area contributed by atoms with Gasteiger partial charge < -0.3 is 10.2 Å². The third-order valence-corrected chi connectivity index (χ3v) is 4.24. The van der Waals surface area contributed by atoms with E-state index < -0.39 is 0 Å². The first kappa shape index (κ1) is 12.7. The molecule has 0 radical (unpaired) electrons. The van der Waals surface area contributed by atoms with E-state index in [0.717, 1.165) is 19.4 Å². The first-order chi connectivity index (χ1) is 9.25. The average molecular weight is 258 g/mol. The van der Waals surface area contributed by atoms with Gasteiger partial charge in [-0.15, -0.1) is 0 Å². The van der Waals surface area contributed by atoms with Gasteiger partial charge in [-0.3, -0.25) is 4.79 Å².